The number of aromatic amines is 1. The highest BCUT2D eigenvalue weighted by molar-refractivity contribution is 6.33. The van der Waals surface area contributed by atoms with Gasteiger partial charge in [0.05, 0.1) is 21.6 Å². The van der Waals surface area contributed by atoms with Crippen molar-refractivity contribution in [3.05, 3.63) is 101 Å². The molecule has 0 radical (unpaired) electrons. The summed E-state index contributed by atoms with van der Waals surface area (Å²) < 4.78 is 1.56. The molecule has 2 aromatic heterocycles. The molecule has 3 aromatic carbocycles. The molecule has 0 aliphatic carbocycles. The Labute approximate surface area is 194 Å². The number of benzene rings is 3. The van der Waals surface area contributed by atoms with Gasteiger partial charge < -0.3 is 10.3 Å². The van der Waals surface area contributed by atoms with E-state index in [1.54, 1.807) is 35.3 Å². The third kappa shape index (κ3) is 4.18. The smallest absolute Gasteiger partial charge is 0.261 e. The summed E-state index contributed by atoms with van der Waals surface area (Å²) in [6.07, 6.45) is 3.69. The van der Waals surface area contributed by atoms with Gasteiger partial charge in [0.25, 0.3) is 11.8 Å². The molecule has 7 nitrogen and oxygen atoms in total. The van der Waals surface area contributed by atoms with E-state index in [1.807, 2.05) is 54.7 Å². The summed E-state index contributed by atoms with van der Waals surface area (Å²) in [7, 11) is 0. The Morgan fingerprint density at radius 3 is 2.64 bits per heavy atom. The van der Waals surface area contributed by atoms with Crippen LogP contribution in [-0.4, -0.2) is 32.5 Å². The number of para-hydroxylation sites is 3. The van der Waals surface area contributed by atoms with Gasteiger partial charge in [-0.2, -0.15) is 0 Å². The van der Waals surface area contributed by atoms with Crippen LogP contribution in [0.3, 0.4) is 0 Å². The number of carbonyl (C=O) groups excluding carboxylic acids is 2. The van der Waals surface area contributed by atoms with Crippen molar-refractivity contribution in [1.29, 1.82) is 0 Å². The van der Waals surface area contributed by atoms with Gasteiger partial charge in [0, 0.05) is 23.5 Å². The number of H-pyrrole nitrogens is 1. The van der Waals surface area contributed by atoms with Crippen LogP contribution in [0.15, 0.2) is 85.3 Å². The van der Waals surface area contributed by atoms with Gasteiger partial charge in [0.2, 0.25) is 0 Å². The number of amides is 2. The molecule has 33 heavy (non-hydrogen) atoms. The summed E-state index contributed by atoms with van der Waals surface area (Å²) in [4.78, 5) is 33.9. The first-order valence-electron chi connectivity index (χ1n) is 10.4. The van der Waals surface area contributed by atoms with E-state index in [4.69, 9.17) is 11.6 Å². The molecule has 3 N–H and O–H groups in total. The second kappa shape index (κ2) is 8.80. The lowest BCUT2D eigenvalue weighted by Crippen LogP contribution is -2.47. The monoisotopic (exact) mass is 457 g/mol. The molecule has 0 aliphatic heterocycles. The number of halogens is 1. The van der Waals surface area contributed by atoms with Crippen LogP contribution in [0.2, 0.25) is 5.02 Å². The summed E-state index contributed by atoms with van der Waals surface area (Å²) in [5, 5.41) is 4.17. The van der Waals surface area contributed by atoms with E-state index in [9.17, 15) is 9.59 Å². The fourth-order valence-corrected chi connectivity index (χ4v) is 4.08. The third-order valence-electron chi connectivity index (χ3n) is 5.52. The van der Waals surface area contributed by atoms with Crippen LogP contribution in [0, 0.1) is 0 Å². The normalized spacial score (nSPS) is 12.0. The standard InChI is InChI=1S/C25H20ClN5O2/c26-19-9-3-1-8-18(19)24(32)29-22(13-16-14-27-20-10-4-2-7-17(16)20)25(33)30-31-15-28-21-11-5-6-12-23(21)31/h1-12,14-15,22,27H,13H2,(H,29,32)(H,30,33)/t22-/m1/s1. The van der Waals surface area contributed by atoms with Crippen molar-refractivity contribution in [2.24, 2.45) is 0 Å². The molecule has 8 heteroatoms. The van der Waals surface area contributed by atoms with Crippen molar-refractivity contribution < 1.29 is 9.59 Å². The van der Waals surface area contributed by atoms with Crippen LogP contribution in [0.25, 0.3) is 21.9 Å². The molecule has 164 valence electrons. The SMILES string of the molecule is O=C(N[C@H](Cc1c[nH]c2ccccc12)C(=O)Nn1cnc2ccccc21)c1ccccc1Cl. The number of hydrogen-bond donors (Lipinski definition) is 3. The lowest BCUT2D eigenvalue weighted by Gasteiger charge is -2.19. The van der Waals surface area contributed by atoms with Crippen LogP contribution in [0.5, 0.6) is 0 Å². The lowest BCUT2D eigenvalue weighted by atomic mass is 10.0. The van der Waals surface area contributed by atoms with Gasteiger partial charge in [-0.25, -0.2) is 9.66 Å². The van der Waals surface area contributed by atoms with Crippen molar-refractivity contribution in [3.63, 3.8) is 0 Å². The van der Waals surface area contributed by atoms with Gasteiger partial charge in [-0.05, 0) is 35.9 Å². The second-order valence-corrected chi connectivity index (χ2v) is 8.06. The largest absolute Gasteiger partial charge is 0.361 e. The lowest BCUT2D eigenvalue weighted by molar-refractivity contribution is -0.118. The number of fused-ring (bicyclic) bond motifs is 2. The summed E-state index contributed by atoms with van der Waals surface area (Å²) in [5.41, 5.74) is 6.56. The van der Waals surface area contributed by atoms with Crippen LogP contribution in [0.4, 0.5) is 0 Å². The fourth-order valence-electron chi connectivity index (χ4n) is 3.86. The van der Waals surface area contributed by atoms with E-state index in [0.717, 1.165) is 27.5 Å². The summed E-state index contributed by atoms with van der Waals surface area (Å²) in [6, 6.07) is 21.2. The zero-order chi connectivity index (χ0) is 22.8. The predicted molar refractivity (Wildman–Crippen MR) is 129 cm³/mol. The van der Waals surface area contributed by atoms with Gasteiger partial charge in [-0.15, -0.1) is 0 Å². The average molecular weight is 458 g/mol. The molecule has 0 unspecified atom stereocenters. The van der Waals surface area contributed by atoms with E-state index < -0.39 is 11.9 Å². The zero-order valence-electron chi connectivity index (χ0n) is 17.5. The first kappa shape index (κ1) is 20.8. The fraction of sp³-hybridized carbons (Fsp3) is 0.0800. The Kier molecular flexibility index (Phi) is 5.54. The molecule has 2 amide bonds. The molecular weight excluding hydrogens is 438 g/mol. The zero-order valence-corrected chi connectivity index (χ0v) is 18.2. The highest BCUT2D eigenvalue weighted by Crippen LogP contribution is 2.20. The maximum atomic E-state index is 13.4. The van der Waals surface area contributed by atoms with Crippen LogP contribution >= 0.6 is 11.6 Å². The van der Waals surface area contributed by atoms with Crippen LogP contribution < -0.4 is 10.7 Å². The first-order chi connectivity index (χ1) is 16.1. The Hall–Kier alpha value is -4.10. The van der Waals surface area contributed by atoms with Crippen LogP contribution in [0.1, 0.15) is 15.9 Å². The Morgan fingerprint density at radius 1 is 1.00 bits per heavy atom. The van der Waals surface area contributed by atoms with Crippen molar-refractivity contribution in [3.8, 4) is 0 Å². The van der Waals surface area contributed by atoms with E-state index in [1.165, 1.54) is 0 Å². The van der Waals surface area contributed by atoms with Gasteiger partial charge >= 0.3 is 0 Å². The quantitative estimate of drug-likeness (QED) is 0.355. The van der Waals surface area contributed by atoms with Crippen molar-refractivity contribution >= 4 is 45.4 Å². The molecule has 0 spiro atoms. The third-order valence-corrected chi connectivity index (χ3v) is 5.85. The molecule has 5 rings (SSSR count). The summed E-state index contributed by atoms with van der Waals surface area (Å²) in [6.45, 7) is 0. The molecule has 0 saturated heterocycles. The number of carbonyl (C=O) groups is 2. The van der Waals surface area contributed by atoms with Crippen LogP contribution in [-0.2, 0) is 11.2 Å². The number of nitrogens with one attached hydrogen (secondary N) is 3. The highest BCUT2D eigenvalue weighted by atomic mass is 35.5. The van der Waals surface area contributed by atoms with E-state index >= 15 is 0 Å². The number of rotatable bonds is 6. The topological polar surface area (TPSA) is 91.8 Å². The van der Waals surface area contributed by atoms with Crippen molar-refractivity contribution in [1.82, 2.24) is 20.0 Å². The average Bonchev–Trinajstić information content (AvgIpc) is 3.43. The molecule has 2 heterocycles. The molecule has 0 fully saturated rings. The number of nitrogens with zero attached hydrogens (tertiary/aromatic N) is 2. The molecule has 1 atom stereocenters. The van der Waals surface area contributed by atoms with Crippen molar-refractivity contribution in [2.45, 2.75) is 12.5 Å². The minimum atomic E-state index is -0.853. The number of hydrogen-bond acceptors (Lipinski definition) is 3. The highest BCUT2D eigenvalue weighted by Gasteiger charge is 2.25. The van der Waals surface area contributed by atoms with Gasteiger partial charge in [-0.1, -0.05) is 54.1 Å². The van der Waals surface area contributed by atoms with Gasteiger partial charge in [0.1, 0.15) is 12.4 Å². The molecule has 5 aromatic rings. The molecular formula is C25H20ClN5O2. The van der Waals surface area contributed by atoms with E-state index in [-0.39, 0.29) is 5.91 Å². The van der Waals surface area contributed by atoms with E-state index in [0.29, 0.717) is 17.0 Å². The molecule has 0 saturated carbocycles. The maximum Gasteiger partial charge on any atom is 0.261 e. The first-order valence-corrected chi connectivity index (χ1v) is 10.8. The Balaban J connectivity index is 1.45. The molecule has 0 aliphatic rings. The number of imidazole rings is 1. The maximum absolute atomic E-state index is 13.4. The summed E-state index contributed by atoms with van der Waals surface area (Å²) >= 11 is 6.20. The minimum Gasteiger partial charge on any atom is -0.361 e. The number of aromatic nitrogens is 3. The minimum absolute atomic E-state index is 0.290. The Morgan fingerprint density at radius 2 is 1.76 bits per heavy atom. The van der Waals surface area contributed by atoms with Crippen molar-refractivity contribution in [2.75, 3.05) is 5.43 Å². The predicted octanol–water partition coefficient (Wildman–Crippen LogP) is 4.28. The molecule has 0 bridgehead atoms. The summed E-state index contributed by atoms with van der Waals surface area (Å²) in [5.74, 6) is -0.792. The van der Waals surface area contributed by atoms with Gasteiger partial charge in [-0.3, -0.25) is 15.0 Å². The Bertz CT molecular complexity index is 1470. The van der Waals surface area contributed by atoms with E-state index in [2.05, 4.69) is 20.7 Å². The van der Waals surface area contributed by atoms with Gasteiger partial charge in [0.15, 0.2) is 0 Å². The second-order valence-electron chi connectivity index (χ2n) is 7.65.